The zero-order valence-electron chi connectivity index (χ0n) is 12.0. The first-order valence-corrected chi connectivity index (χ1v) is 8.09. The molecule has 2 aromatic heterocycles. The normalized spacial score (nSPS) is 23.1. The van der Waals surface area contributed by atoms with Gasteiger partial charge in [0.2, 0.25) is 0 Å². The molecular weight excluding hydrogens is 270 g/mol. The van der Waals surface area contributed by atoms with Crippen LogP contribution in [0.15, 0.2) is 6.33 Å². The molecule has 0 aliphatic heterocycles. The molecule has 20 heavy (non-hydrogen) atoms. The minimum absolute atomic E-state index is 0.119. The van der Waals surface area contributed by atoms with E-state index < -0.39 is 0 Å². The molecule has 3 rings (SSSR count). The number of thiophene rings is 1. The number of fused-ring (bicyclic) bond motifs is 1. The smallest absolute Gasteiger partial charge is 0.138 e. The fraction of sp³-hybridized carbons (Fsp3) is 0.600. The van der Waals surface area contributed by atoms with Crippen LogP contribution in [0.25, 0.3) is 10.2 Å². The molecule has 2 unspecified atom stereocenters. The van der Waals surface area contributed by atoms with Crippen LogP contribution in [0.1, 0.15) is 36.1 Å². The predicted molar refractivity (Wildman–Crippen MR) is 83.3 cm³/mol. The molecule has 0 bridgehead atoms. The number of anilines is 1. The fourth-order valence-corrected chi connectivity index (χ4v) is 4.00. The summed E-state index contributed by atoms with van der Waals surface area (Å²) in [5.41, 5.74) is 1.27. The van der Waals surface area contributed by atoms with Crippen LogP contribution >= 0.6 is 11.3 Å². The first kappa shape index (κ1) is 13.8. The average molecular weight is 291 g/mol. The molecule has 2 heterocycles. The zero-order valence-corrected chi connectivity index (χ0v) is 12.8. The van der Waals surface area contributed by atoms with E-state index in [-0.39, 0.29) is 6.10 Å². The van der Waals surface area contributed by atoms with Gasteiger partial charge in [0.1, 0.15) is 17.0 Å². The van der Waals surface area contributed by atoms with Gasteiger partial charge in [0, 0.05) is 11.4 Å². The van der Waals surface area contributed by atoms with Crippen LogP contribution in [-0.2, 0) is 0 Å². The van der Waals surface area contributed by atoms with Crippen molar-refractivity contribution in [3.05, 3.63) is 16.8 Å². The lowest BCUT2D eigenvalue weighted by atomic mass is 9.87. The zero-order chi connectivity index (χ0) is 14.1. The van der Waals surface area contributed by atoms with E-state index in [0.717, 1.165) is 41.8 Å². The van der Waals surface area contributed by atoms with Crippen LogP contribution in [0.5, 0.6) is 0 Å². The molecule has 4 nitrogen and oxygen atoms in total. The maximum absolute atomic E-state index is 9.74. The number of aromatic nitrogens is 2. The van der Waals surface area contributed by atoms with Crippen LogP contribution in [0.2, 0.25) is 0 Å². The maximum Gasteiger partial charge on any atom is 0.138 e. The first-order valence-electron chi connectivity index (χ1n) is 7.27. The Morgan fingerprint density at radius 1 is 1.35 bits per heavy atom. The van der Waals surface area contributed by atoms with Gasteiger partial charge in [-0.2, -0.15) is 0 Å². The lowest BCUT2D eigenvalue weighted by Gasteiger charge is -2.26. The second kappa shape index (κ2) is 5.66. The van der Waals surface area contributed by atoms with Crippen LogP contribution in [0, 0.1) is 19.8 Å². The highest BCUT2D eigenvalue weighted by Gasteiger charge is 2.20. The lowest BCUT2D eigenvalue weighted by molar-refractivity contribution is 0.104. The maximum atomic E-state index is 9.74. The van der Waals surface area contributed by atoms with Gasteiger partial charge in [-0.3, -0.25) is 0 Å². The monoisotopic (exact) mass is 291 g/mol. The summed E-state index contributed by atoms with van der Waals surface area (Å²) in [6, 6.07) is 0. The van der Waals surface area contributed by atoms with Crippen molar-refractivity contribution in [2.75, 3.05) is 11.9 Å². The van der Waals surface area contributed by atoms with Crippen LogP contribution < -0.4 is 5.32 Å². The molecule has 2 atom stereocenters. The van der Waals surface area contributed by atoms with E-state index in [1.807, 2.05) is 0 Å². The largest absolute Gasteiger partial charge is 0.393 e. The minimum Gasteiger partial charge on any atom is -0.393 e. The van der Waals surface area contributed by atoms with Gasteiger partial charge >= 0.3 is 0 Å². The van der Waals surface area contributed by atoms with Gasteiger partial charge in [0.25, 0.3) is 0 Å². The number of rotatable bonds is 3. The van der Waals surface area contributed by atoms with Crippen molar-refractivity contribution in [1.82, 2.24) is 9.97 Å². The van der Waals surface area contributed by atoms with Gasteiger partial charge < -0.3 is 10.4 Å². The number of nitrogens with one attached hydrogen (secondary N) is 1. The second-order valence-electron chi connectivity index (χ2n) is 5.75. The van der Waals surface area contributed by atoms with E-state index in [1.54, 1.807) is 17.7 Å². The minimum atomic E-state index is -0.119. The molecule has 2 aromatic rings. The molecule has 0 saturated heterocycles. The molecule has 5 heteroatoms. The molecule has 1 fully saturated rings. The number of nitrogens with zero attached hydrogens (tertiary/aromatic N) is 2. The van der Waals surface area contributed by atoms with Crippen molar-refractivity contribution < 1.29 is 5.11 Å². The van der Waals surface area contributed by atoms with E-state index in [1.165, 1.54) is 16.9 Å². The topological polar surface area (TPSA) is 58.0 Å². The number of hydrogen-bond acceptors (Lipinski definition) is 5. The predicted octanol–water partition coefficient (Wildman–Crippen LogP) is 3.27. The number of hydrogen-bond donors (Lipinski definition) is 2. The summed E-state index contributed by atoms with van der Waals surface area (Å²) in [4.78, 5) is 11.1. The van der Waals surface area contributed by atoms with Gasteiger partial charge in [0.05, 0.1) is 11.5 Å². The Labute approximate surface area is 123 Å². The van der Waals surface area contributed by atoms with E-state index in [0.29, 0.717) is 5.92 Å². The van der Waals surface area contributed by atoms with Crippen molar-refractivity contribution in [1.29, 1.82) is 0 Å². The molecule has 108 valence electrons. The van der Waals surface area contributed by atoms with E-state index >= 15 is 0 Å². The Hall–Kier alpha value is -1.20. The van der Waals surface area contributed by atoms with Gasteiger partial charge in [0.15, 0.2) is 0 Å². The van der Waals surface area contributed by atoms with Crippen molar-refractivity contribution in [3.63, 3.8) is 0 Å². The molecule has 1 saturated carbocycles. The summed E-state index contributed by atoms with van der Waals surface area (Å²) in [6.07, 6.45) is 5.70. The third-order valence-electron chi connectivity index (χ3n) is 4.28. The Bertz CT molecular complexity index is 610. The summed E-state index contributed by atoms with van der Waals surface area (Å²) in [6.45, 7) is 5.15. The number of aliphatic hydroxyl groups is 1. The van der Waals surface area contributed by atoms with Gasteiger partial charge in [-0.15, -0.1) is 11.3 Å². The average Bonchev–Trinajstić information content (AvgIpc) is 2.73. The van der Waals surface area contributed by atoms with E-state index in [9.17, 15) is 5.11 Å². The summed E-state index contributed by atoms with van der Waals surface area (Å²) < 4.78 is 0. The van der Waals surface area contributed by atoms with E-state index in [4.69, 9.17) is 0 Å². The third-order valence-corrected chi connectivity index (χ3v) is 5.39. The van der Waals surface area contributed by atoms with Crippen LogP contribution in [0.4, 0.5) is 5.82 Å². The summed E-state index contributed by atoms with van der Waals surface area (Å²) in [5.74, 6) is 1.49. The third kappa shape index (κ3) is 2.65. The highest BCUT2D eigenvalue weighted by atomic mass is 32.1. The molecule has 0 radical (unpaired) electrons. The Morgan fingerprint density at radius 3 is 3.00 bits per heavy atom. The van der Waals surface area contributed by atoms with E-state index in [2.05, 4.69) is 29.1 Å². The van der Waals surface area contributed by atoms with Gasteiger partial charge in [-0.05, 0) is 44.6 Å². The van der Waals surface area contributed by atoms with Crippen molar-refractivity contribution in [3.8, 4) is 0 Å². The lowest BCUT2D eigenvalue weighted by Crippen LogP contribution is -2.25. The molecule has 1 aliphatic carbocycles. The van der Waals surface area contributed by atoms with Crippen molar-refractivity contribution in [2.24, 2.45) is 5.92 Å². The molecule has 1 aliphatic rings. The highest BCUT2D eigenvalue weighted by molar-refractivity contribution is 7.18. The first-order chi connectivity index (χ1) is 9.65. The molecule has 0 spiro atoms. The molecular formula is C15H21N3OS. The highest BCUT2D eigenvalue weighted by Crippen LogP contribution is 2.33. The Kier molecular flexibility index (Phi) is 3.89. The van der Waals surface area contributed by atoms with Gasteiger partial charge in [-0.1, -0.05) is 6.42 Å². The number of aryl methyl sites for hydroxylation is 2. The molecule has 0 amide bonds. The molecule has 2 N–H and O–H groups in total. The molecule has 0 aromatic carbocycles. The summed E-state index contributed by atoms with van der Waals surface area (Å²) in [5, 5.41) is 14.4. The van der Waals surface area contributed by atoms with Crippen molar-refractivity contribution >= 4 is 27.4 Å². The van der Waals surface area contributed by atoms with Crippen LogP contribution in [0.3, 0.4) is 0 Å². The van der Waals surface area contributed by atoms with Crippen molar-refractivity contribution in [2.45, 2.75) is 45.6 Å². The quantitative estimate of drug-likeness (QED) is 0.911. The van der Waals surface area contributed by atoms with Gasteiger partial charge in [-0.25, -0.2) is 9.97 Å². The van der Waals surface area contributed by atoms with Crippen LogP contribution in [-0.4, -0.2) is 27.7 Å². The fourth-order valence-electron chi connectivity index (χ4n) is 3.01. The Balaban J connectivity index is 1.77. The Morgan fingerprint density at radius 2 is 2.20 bits per heavy atom. The second-order valence-corrected chi connectivity index (χ2v) is 6.96. The summed E-state index contributed by atoms with van der Waals surface area (Å²) >= 11 is 1.72. The summed E-state index contributed by atoms with van der Waals surface area (Å²) in [7, 11) is 0. The standard InChI is InChI=1S/C15H21N3OS/c1-9-10(2)20-15-13(9)14(17-8-18-15)16-7-11-4-3-5-12(19)6-11/h8,11-12,19H,3-7H2,1-2H3,(H,16,17,18). The SMILES string of the molecule is Cc1sc2ncnc(NCC3CCCC(O)C3)c2c1C. The number of aliphatic hydroxyl groups excluding tert-OH is 1.